The standard InChI is InChI=1S/C45H61FN8O10/c1-42(2,3)61-38(56)49-36(50-39(57)62-43(4,5)6)53-22-18-27(19-23-53)30-15-14-29(26-32(30)46)34(55)47-33-17-16-31(35(48-33)60-13)28-20-24-54(25-21-28)37(51-40(58)63-44(7,8)9)52-41(59)64-45(10,11)12/h14-18,20,26H,19,21-25H2,1-13H3,(H,47,48,55)(H,49,50,56,57)(H,51,52,58,59). The van der Waals surface area contributed by atoms with Crippen molar-refractivity contribution >= 4 is 59.2 Å². The highest BCUT2D eigenvalue weighted by molar-refractivity contribution is 6.04. The van der Waals surface area contributed by atoms with E-state index in [4.69, 9.17) is 23.7 Å². The van der Waals surface area contributed by atoms with Gasteiger partial charge in [-0.1, -0.05) is 18.2 Å². The lowest BCUT2D eigenvalue weighted by Gasteiger charge is -2.30. The van der Waals surface area contributed by atoms with Gasteiger partial charge in [0.25, 0.3) is 5.91 Å². The molecule has 1 aromatic carbocycles. The van der Waals surface area contributed by atoms with Crippen molar-refractivity contribution in [3.8, 4) is 5.88 Å². The van der Waals surface area contributed by atoms with Crippen LogP contribution in [-0.4, -0.2) is 113 Å². The Morgan fingerprint density at radius 3 is 1.47 bits per heavy atom. The number of pyridine rings is 1. The lowest BCUT2D eigenvalue weighted by Crippen LogP contribution is -2.48. The molecule has 0 spiro atoms. The van der Waals surface area contributed by atoms with E-state index in [1.807, 2.05) is 6.08 Å². The van der Waals surface area contributed by atoms with E-state index in [2.05, 4.69) is 30.9 Å². The van der Waals surface area contributed by atoms with Crippen LogP contribution in [0.4, 0.5) is 29.4 Å². The van der Waals surface area contributed by atoms with Gasteiger partial charge in [-0.3, -0.25) is 15.4 Å². The summed E-state index contributed by atoms with van der Waals surface area (Å²) in [7, 11) is 1.45. The first kappa shape index (κ1) is 50.1. The summed E-state index contributed by atoms with van der Waals surface area (Å²) in [6.07, 6.45) is 1.02. The molecule has 0 radical (unpaired) electrons. The molecule has 0 aliphatic carbocycles. The molecule has 348 valence electrons. The number of benzene rings is 1. The number of rotatable bonds is 5. The Kier molecular flexibility index (Phi) is 15.9. The fourth-order valence-corrected chi connectivity index (χ4v) is 6.12. The number of guanidine groups is 2. The molecule has 2 aliphatic rings. The van der Waals surface area contributed by atoms with E-state index in [-0.39, 0.29) is 54.4 Å². The van der Waals surface area contributed by atoms with Crippen LogP contribution >= 0.6 is 0 Å². The van der Waals surface area contributed by atoms with Gasteiger partial charge in [-0.05, 0) is 131 Å². The summed E-state index contributed by atoms with van der Waals surface area (Å²) in [4.78, 5) is 79.7. The number of anilines is 1. The molecule has 18 nitrogen and oxygen atoms in total. The molecule has 0 unspecified atom stereocenters. The van der Waals surface area contributed by atoms with Crippen molar-refractivity contribution in [3.05, 3.63) is 65.0 Å². The smallest absolute Gasteiger partial charge is 0.437 e. The van der Waals surface area contributed by atoms with Gasteiger partial charge in [0.1, 0.15) is 34.0 Å². The SMILES string of the molecule is COc1nc(NC(=O)c2ccc(C3=CCN(C(=NC(=O)OC(C)(C)C)NC(=O)OC(C)(C)C)CC3)c(F)c2)ccc1C1=CCN(C(=NC(=O)OC(C)(C)C)NC(=O)OC(C)(C)C)CC1. The number of carbonyl (C=O) groups is 5. The lowest BCUT2D eigenvalue weighted by atomic mass is 9.97. The molecule has 19 heteroatoms. The highest BCUT2D eigenvalue weighted by Crippen LogP contribution is 2.31. The van der Waals surface area contributed by atoms with Crippen LogP contribution in [-0.2, 0) is 18.9 Å². The average molecular weight is 893 g/mol. The first-order chi connectivity index (χ1) is 29.6. The number of amides is 5. The second-order valence-corrected chi connectivity index (χ2v) is 18.8. The number of carbonyl (C=O) groups excluding carboxylic acids is 5. The Balaban J connectivity index is 1.45. The lowest BCUT2D eigenvalue weighted by molar-refractivity contribution is 0.0536. The quantitative estimate of drug-likeness (QED) is 0.147. The van der Waals surface area contributed by atoms with Crippen molar-refractivity contribution in [2.45, 2.75) is 118 Å². The Bertz CT molecular complexity index is 2230. The van der Waals surface area contributed by atoms with Crippen LogP contribution in [0, 0.1) is 5.82 Å². The van der Waals surface area contributed by atoms with E-state index >= 15 is 4.39 Å². The van der Waals surface area contributed by atoms with Crippen molar-refractivity contribution in [2.75, 3.05) is 38.6 Å². The Hall–Kier alpha value is -6.53. The third-order valence-electron chi connectivity index (χ3n) is 8.64. The summed E-state index contributed by atoms with van der Waals surface area (Å²) in [5.41, 5.74) is -0.703. The minimum Gasteiger partial charge on any atom is -0.481 e. The van der Waals surface area contributed by atoms with Gasteiger partial charge in [-0.25, -0.2) is 23.6 Å². The van der Waals surface area contributed by atoms with Gasteiger partial charge < -0.3 is 38.8 Å². The van der Waals surface area contributed by atoms with E-state index in [0.717, 1.165) is 11.6 Å². The van der Waals surface area contributed by atoms with E-state index in [0.29, 0.717) is 30.5 Å². The second kappa shape index (κ2) is 20.3. The van der Waals surface area contributed by atoms with Gasteiger partial charge in [0.15, 0.2) is 0 Å². The zero-order chi connectivity index (χ0) is 47.8. The molecule has 2 aliphatic heterocycles. The van der Waals surface area contributed by atoms with Gasteiger partial charge in [-0.2, -0.15) is 4.98 Å². The Morgan fingerprint density at radius 1 is 0.641 bits per heavy atom. The largest absolute Gasteiger partial charge is 0.481 e. The minimum atomic E-state index is -0.901. The fraction of sp³-hybridized carbons (Fsp3) is 0.511. The number of ether oxygens (including phenoxy) is 5. The fourth-order valence-electron chi connectivity index (χ4n) is 6.12. The summed E-state index contributed by atoms with van der Waals surface area (Å²) < 4.78 is 42.7. The number of hydrogen-bond acceptors (Lipinski definition) is 11. The molecule has 0 fully saturated rings. The molecule has 0 saturated heterocycles. The van der Waals surface area contributed by atoms with E-state index in [1.54, 1.807) is 111 Å². The van der Waals surface area contributed by atoms with Crippen molar-refractivity contribution < 1.29 is 52.0 Å². The molecule has 64 heavy (non-hydrogen) atoms. The molecule has 5 amide bonds. The number of alkyl carbamates (subject to hydrolysis) is 2. The van der Waals surface area contributed by atoms with Crippen LogP contribution < -0.4 is 20.7 Å². The predicted octanol–water partition coefficient (Wildman–Crippen LogP) is 8.29. The van der Waals surface area contributed by atoms with Crippen molar-refractivity contribution in [3.63, 3.8) is 0 Å². The van der Waals surface area contributed by atoms with Gasteiger partial charge in [0.05, 0.1) is 7.11 Å². The van der Waals surface area contributed by atoms with Crippen molar-refractivity contribution in [2.24, 2.45) is 9.98 Å². The number of aromatic nitrogens is 1. The highest BCUT2D eigenvalue weighted by atomic mass is 19.1. The Morgan fingerprint density at radius 2 is 1.08 bits per heavy atom. The summed E-state index contributed by atoms with van der Waals surface area (Å²) >= 11 is 0. The molecule has 2 aromatic rings. The maximum atomic E-state index is 15.7. The van der Waals surface area contributed by atoms with Gasteiger partial charge in [0, 0.05) is 42.9 Å². The number of hydrogen-bond donors (Lipinski definition) is 3. The maximum Gasteiger partial charge on any atom is 0.437 e. The van der Waals surface area contributed by atoms with Crippen LogP contribution in [0.5, 0.6) is 5.88 Å². The molecule has 0 bridgehead atoms. The number of nitrogens with one attached hydrogen (secondary N) is 3. The third-order valence-corrected chi connectivity index (χ3v) is 8.64. The zero-order valence-corrected chi connectivity index (χ0v) is 39.0. The molecule has 3 heterocycles. The molecule has 1 aromatic heterocycles. The first-order valence-electron chi connectivity index (χ1n) is 20.8. The monoisotopic (exact) mass is 892 g/mol. The molecule has 3 N–H and O–H groups in total. The number of halogens is 1. The van der Waals surface area contributed by atoms with Gasteiger partial charge >= 0.3 is 24.4 Å². The van der Waals surface area contributed by atoms with Crippen LogP contribution in [0.3, 0.4) is 0 Å². The van der Waals surface area contributed by atoms with E-state index < -0.39 is 58.5 Å². The van der Waals surface area contributed by atoms with Crippen LogP contribution in [0.25, 0.3) is 11.1 Å². The predicted molar refractivity (Wildman–Crippen MR) is 240 cm³/mol. The molecular weight excluding hydrogens is 832 g/mol. The molecule has 0 saturated carbocycles. The maximum absolute atomic E-state index is 15.7. The van der Waals surface area contributed by atoms with E-state index in [9.17, 15) is 24.0 Å². The molecular formula is C45H61FN8O10. The summed E-state index contributed by atoms with van der Waals surface area (Å²) in [5, 5.41) is 7.81. The zero-order valence-electron chi connectivity index (χ0n) is 39.0. The Labute approximate surface area is 373 Å². The topological polar surface area (TPSA) is 212 Å². The van der Waals surface area contributed by atoms with Crippen molar-refractivity contribution in [1.29, 1.82) is 0 Å². The first-order valence-corrected chi connectivity index (χ1v) is 20.8. The average Bonchev–Trinajstić information content (AvgIpc) is 3.14. The van der Waals surface area contributed by atoms with Gasteiger partial charge in [0.2, 0.25) is 17.8 Å². The minimum absolute atomic E-state index is 0.0288. The van der Waals surface area contributed by atoms with Crippen LogP contribution in [0.1, 0.15) is 117 Å². The highest BCUT2D eigenvalue weighted by Gasteiger charge is 2.28. The van der Waals surface area contributed by atoms with E-state index in [1.165, 1.54) is 19.2 Å². The number of aliphatic imine (C=N–C) groups is 2. The summed E-state index contributed by atoms with van der Waals surface area (Å²) in [5.74, 6) is -0.931. The number of methoxy groups -OCH3 is 1. The van der Waals surface area contributed by atoms with Crippen molar-refractivity contribution in [1.82, 2.24) is 25.4 Å². The molecule has 0 atom stereocenters. The molecule has 4 rings (SSSR count). The second-order valence-electron chi connectivity index (χ2n) is 18.8. The summed E-state index contributed by atoms with van der Waals surface area (Å²) in [6.45, 7) is 21.5. The number of nitrogens with zero attached hydrogens (tertiary/aromatic N) is 5. The summed E-state index contributed by atoms with van der Waals surface area (Å²) in [6, 6.07) is 7.50. The normalized spacial score (nSPS) is 15.3. The third kappa shape index (κ3) is 16.0. The van der Waals surface area contributed by atoms with Gasteiger partial charge in [-0.15, -0.1) is 9.98 Å². The van der Waals surface area contributed by atoms with Crippen LogP contribution in [0.2, 0.25) is 0 Å². The van der Waals surface area contributed by atoms with Crippen LogP contribution in [0.15, 0.2) is 52.5 Å².